The summed E-state index contributed by atoms with van der Waals surface area (Å²) in [6.07, 6.45) is 6.86. The molecule has 32 heavy (non-hydrogen) atoms. The fraction of sp³-hybridized carbons (Fsp3) is 0.583. The summed E-state index contributed by atoms with van der Waals surface area (Å²) in [7, 11) is 0. The number of aromatic nitrogens is 2. The molecule has 1 amide bonds. The average molecular weight is 434 g/mol. The highest BCUT2D eigenvalue weighted by atomic mass is 16.6. The first-order valence-corrected chi connectivity index (χ1v) is 11.6. The third kappa shape index (κ3) is 3.45. The maximum atomic E-state index is 12.9. The maximum absolute atomic E-state index is 12.9. The van der Waals surface area contributed by atoms with Crippen molar-refractivity contribution in [2.45, 2.75) is 56.3 Å². The molecule has 2 unspecified atom stereocenters. The number of carbonyl (C=O) groups excluding carboxylic acids is 1. The minimum absolute atomic E-state index is 0.0454. The number of ether oxygens (including phenoxy) is 1. The molecule has 0 radical (unpaired) electrons. The summed E-state index contributed by atoms with van der Waals surface area (Å²) >= 11 is 0. The molecule has 2 aromatic rings. The summed E-state index contributed by atoms with van der Waals surface area (Å²) in [5, 5.41) is 23.2. The number of nitrogens with one attached hydrogen (secondary N) is 1. The van der Waals surface area contributed by atoms with Crippen molar-refractivity contribution in [3.05, 3.63) is 30.0 Å². The molecule has 7 rings (SSSR count). The Morgan fingerprint density at radius 1 is 1.25 bits per heavy atom. The fourth-order valence-electron chi connectivity index (χ4n) is 6.72. The second kappa shape index (κ2) is 7.31. The van der Waals surface area contributed by atoms with E-state index in [1.54, 1.807) is 29.3 Å². The summed E-state index contributed by atoms with van der Waals surface area (Å²) in [5.41, 5.74) is 1.46. The minimum atomic E-state index is -0.515. The van der Waals surface area contributed by atoms with Gasteiger partial charge in [0, 0.05) is 19.1 Å². The Morgan fingerprint density at radius 2 is 2.06 bits per heavy atom. The lowest BCUT2D eigenvalue weighted by atomic mass is 9.53. The van der Waals surface area contributed by atoms with Crippen molar-refractivity contribution in [2.75, 3.05) is 18.4 Å². The largest absolute Gasteiger partial charge is 0.446 e. The van der Waals surface area contributed by atoms with Crippen LogP contribution in [-0.4, -0.2) is 56.9 Å². The zero-order valence-electron chi connectivity index (χ0n) is 17.9. The van der Waals surface area contributed by atoms with Gasteiger partial charge in [-0.15, -0.1) is 0 Å². The molecule has 1 aromatic heterocycles. The number of nitriles is 1. The number of rotatable bonds is 3. The molecule has 0 spiro atoms. The van der Waals surface area contributed by atoms with Crippen molar-refractivity contribution in [2.24, 2.45) is 17.8 Å². The van der Waals surface area contributed by atoms with Crippen LogP contribution in [-0.2, 0) is 4.74 Å². The molecule has 2 heterocycles. The van der Waals surface area contributed by atoms with Crippen LogP contribution in [0, 0.1) is 29.1 Å². The molecule has 1 saturated heterocycles. The second-order valence-corrected chi connectivity index (χ2v) is 10.2. The van der Waals surface area contributed by atoms with Gasteiger partial charge in [0.2, 0.25) is 0 Å². The summed E-state index contributed by atoms with van der Waals surface area (Å²) in [6.45, 7) is 1.22. The topological polar surface area (TPSA) is 111 Å². The number of carbonyl (C=O) groups is 1. The predicted octanol–water partition coefficient (Wildman–Crippen LogP) is 3.06. The number of likely N-dealkylation sites (tertiary alicyclic amines) is 1. The van der Waals surface area contributed by atoms with E-state index in [4.69, 9.17) is 10.00 Å². The third-order valence-electron chi connectivity index (χ3n) is 7.86. The number of aliphatic hydroxyl groups is 1. The summed E-state index contributed by atoms with van der Waals surface area (Å²) < 4.78 is 6.03. The zero-order valence-corrected chi connectivity index (χ0v) is 17.9. The van der Waals surface area contributed by atoms with Crippen LogP contribution < -0.4 is 5.32 Å². The SMILES string of the molecule is N#Cc1ccc2nc(N[C@@H]3CCN(C(=O)OC4C5CC6CC4CC(O)(C6)C5)C3)cnc2c1. The Bertz CT molecular complexity index is 1100. The molecular weight excluding hydrogens is 406 g/mol. The number of nitrogens with zero attached hydrogens (tertiary/aromatic N) is 4. The van der Waals surface area contributed by atoms with E-state index in [9.17, 15) is 9.90 Å². The van der Waals surface area contributed by atoms with E-state index >= 15 is 0 Å². The van der Waals surface area contributed by atoms with Crippen LogP contribution in [0.4, 0.5) is 10.6 Å². The van der Waals surface area contributed by atoms with Crippen LogP contribution in [0.1, 0.15) is 44.1 Å². The lowest BCUT2D eigenvalue weighted by Crippen LogP contribution is -2.58. The van der Waals surface area contributed by atoms with E-state index in [2.05, 4.69) is 21.4 Å². The van der Waals surface area contributed by atoms with Crippen molar-refractivity contribution in [3.63, 3.8) is 0 Å². The molecule has 4 aliphatic carbocycles. The monoisotopic (exact) mass is 433 g/mol. The molecule has 4 bridgehead atoms. The normalized spacial score (nSPS) is 35.1. The minimum Gasteiger partial charge on any atom is -0.446 e. The molecule has 5 aliphatic rings. The Morgan fingerprint density at radius 3 is 2.81 bits per heavy atom. The highest BCUT2D eigenvalue weighted by molar-refractivity contribution is 5.77. The number of hydrogen-bond acceptors (Lipinski definition) is 7. The van der Waals surface area contributed by atoms with Gasteiger partial charge in [-0.2, -0.15) is 5.26 Å². The zero-order chi connectivity index (χ0) is 21.9. The fourth-order valence-corrected chi connectivity index (χ4v) is 6.72. The first kappa shape index (κ1) is 19.7. The van der Waals surface area contributed by atoms with Crippen LogP contribution in [0.2, 0.25) is 0 Å². The van der Waals surface area contributed by atoms with E-state index in [0.717, 1.165) is 44.0 Å². The molecular formula is C24H27N5O3. The van der Waals surface area contributed by atoms with Gasteiger partial charge in [0.15, 0.2) is 0 Å². The van der Waals surface area contributed by atoms with Gasteiger partial charge in [-0.25, -0.2) is 9.78 Å². The van der Waals surface area contributed by atoms with E-state index < -0.39 is 5.60 Å². The average Bonchev–Trinajstić information content (AvgIpc) is 3.23. The Hall–Kier alpha value is -2.92. The Kier molecular flexibility index (Phi) is 4.51. The number of amides is 1. The molecule has 2 N–H and O–H groups in total. The summed E-state index contributed by atoms with van der Waals surface area (Å²) in [5.74, 6) is 1.88. The maximum Gasteiger partial charge on any atom is 0.410 e. The second-order valence-electron chi connectivity index (χ2n) is 10.2. The van der Waals surface area contributed by atoms with E-state index in [0.29, 0.717) is 47.7 Å². The molecule has 8 nitrogen and oxygen atoms in total. The van der Waals surface area contributed by atoms with Gasteiger partial charge in [0.1, 0.15) is 11.9 Å². The van der Waals surface area contributed by atoms with Crippen LogP contribution in [0.15, 0.2) is 24.4 Å². The van der Waals surface area contributed by atoms with Gasteiger partial charge in [-0.3, -0.25) is 4.98 Å². The highest BCUT2D eigenvalue weighted by Gasteiger charge is 2.56. The molecule has 166 valence electrons. The molecule has 1 aromatic carbocycles. The van der Waals surface area contributed by atoms with Crippen molar-refractivity contribution in [1.29, 1.82) is 5.26 Å². The number of hydrogen-bond donors (Lipinski definition) is 2. The van der Waals surface area contributed by atoms with Crippen LogP contribution >= 0.6 is 0 Å². The molecule has 5 fully saturated rings. The van der Waals surface area contributed by atoms with Gasteiger partial charge in [-0.05, 0) is 74.5 Å². The number of benzene rings is 1. The van der Waals surface area contributed by atoms with Gasteiger partial charge in [0.25, 0.3) is 0 Å². The lowest BCUT2D eigenvalue weighted by Gasteiger charge is -2.57. The van der Waals surface area contributed by atoms with E-state index in [1.165, 1.54) is 0 Å². The first-order valence-electron chi connectivity index (χ1n) is 11.6. The van der Waals surface area contributed by atoms with Crippen LogP contribution in [0.25, 0.3) is 11.0 Å². The van der Waals surface area contributed by atoms with Crippen molar-refractivity contribution < 1.29 is 14.6 Å². The Labute approximate surface area is 186 Å². The number of anilines is 1. The summed E-state index contributed by atoms with van der Waals surface area (Å²) in [6, 6.07) is 7.46. The van der Waals surface area contributed by atoms with E-state index in [-0.39, 0.29) is 18.2 Å². The number of fused-ring (bicyclic) bond motifs is 1. The highest BCUT2D eigenvalue weighted by Crippen LogP contribution is 2.56. The van der Waals surface area contributed by atoms with Crippen molar-refractivity contribution >= 4 is 22.9 Å². The van der Waals surface area contributed by atoms with Crippen molar-refractivity contribution in [3.8, 4) is 6.07 Å². The smallest absolute Gasteiger partial charge is 0.410 e. The van der Waals surface area contributed by atoms with Gasteiger partial charge in [0.05, 0.1) is 34.5 Å². The third-order valence-corrected chi connectivity index (χ3v) is 7.86. The molecule has 4 saturated carbocycles. The van der Waals surface area contributed by atoms with Gasteiger partial charge >= 0.3 is 6.09 Å². The standard InChI is InChI=1S/C24H27N5O3/c25-11-14-1-2-19-20(7-14)26-12-21(28-19)27-18-3-4-29(13-18)23(30)32-22-16-5-15-6-17(22)10-24(31,8-15)9-16/h1-2,7,12,15-18,22,31H,3-6,8-10,13H2,(H,27,28)/t15?,16?,17?,18-,22?,24?/m1/s1. The molecule has 1 aliphatic heterocycles. The van der Waals surface area contributed by atoms with E-state index in [1.807, 2.05) is 0 Å². The summed E-state index contributed by atoms with van der Waals surface area (Å²) in [4.78, 5) is 23.7. The molecule has 8 heteroatoms. The Balaban J connectivity index is 1.07. The van der Waals surface area contributed by atoms with Gasteiger partial charge in [-0.1, -0.05) is 0 Å². The molecule has 3 atom stereocenters. The van der Waals surface area contributed by atoms with Crippen molar-refractivity contribution in [1.82, 2.24) is 14.9 Å². The quantitative estimate of drug-likeness (QED) is 0.765. The predicted molar refractivity (Wildman–Crippen MR) is 117 cm³/mol. The first-order chi connectivity index (χ1) is 15.5. The van der Waals surface area contributed by atoms with Crippen LogP contribution in [0.3, 0.4) is 0 Å². The van der Waals surface area contributed by atoms with Gasteiger partial charge < -0.3 is 20.1 Å². The van der Waals surface area contributed by atoms with Crippen LogP contribution in [0.5, 0.6) is 0 Å². The lowest BCUT2D eigenvalue weighted by molar-refractivity contribution is -0.177.